The molecule has 0 aromatic carbocycles. The Morgan fingerprint density at radius 1 is 1.62 bits per heavy atom. The molecule has 1 unspecified atom stereocenters. The Bertz CT molecular complexity index is 83.4. The van der Waals surface area contributed by atoms with Crippen LogP contribution in [0.25, 0.3) is 0 Å². The molecule has 0 saturated carbocycles. The Morgan fingerprint density at radius 3 is 2.25 bits per heavy atom. The van der Waals surface area contributed by atoms with Crippen LogP contribution in [0.15, 0.2) is 0 Å². The van der Waals surface area contributed by atoms with Crippen LogP contribution in [0.2, 0.25) is 0 Å². The van der Waals surface area contributed by atoms with E-state index < -0.39 is 23.8 Å². The van der Waals surface area contributed by atoms with Crippen molar-refractivity contribution < 1.29 is 19.0 Å². The van der Waals surface area contributed by atoms with Crippen molar-refractivity contribution in [2.75, 3.05) is 12.4 Å². The fourth-order valence-electron chi connectivity index (χ4n) is 0.217. The third-order valence-electron chi connectivity index (χ3n) is 0.546. The first-order valence-corrected chi connectivity index (χ1v) is 3.30. The van der Waals surface area contributed by atoms with Crippen molar-refractivity contribution in [2.45, 2.75) is 6.10 Å². The standard InChI is InChI=1S/C3H8O4S/c4-1-3(5)2-8(6)7/h3-5H,1-2H2,(H,6,7)/t3-/m1/s1. The van der Waals surface area contributed by atoms with Crippen LogP contribution < -0.4 is 0 Å². The lowest BCUT2D eigenvalue weighted by Gasteiger charge is -2.00. The van der Waals surface area contributed by atoms with E-state index in [4.69, 9.17) is 14.8 Å². The molecule has 0 fully saturated rings. The maximum absolute atomic E-state index is 9.81. The Morgan fingerprint density at radius 2 is 2.12 bits per heavy atom. The molecule has 0 aliphatic heterocycles. The quantitative estimate of drug-likeness (QED) is 0.420. The second kappa shape index (κ2) is 3.96. The zero-order chi connectivity index (χ0) is 6.57. The van der Waals surface area contributed by atoms with Gasteiger partial charge in [-0.15, -0.1) is 0 Å². The van der Waals surface area contributed by atoms with Crippen LogP contribution in [-0.2, 0) is 11.1 Å². The first kappa shape index (κ1) is 8.03. The zero-order valence-electron chi connectivity index (χ0n) is 4.15. The van der Waals surface area contributed by atoms with Crippen molar-refractivity contribution in [3.05, 3.63) is 0 Å². The SMILES string of the molecule is O=S(O)C[C@H](O)CO. The second-order valence-corrected chi connectivity index (χ2v) is 2.30. The molecule has 5 heteroatoms. The van der Waals surface area contributed by atoms with E-state index in [2.05, 4.69) is 0 Å². The summed E-state index contributed by atoms with van der Waals surface area (Å²) in [5, 5.41) is 16.5. The van der Waals surface area contributed by atoms with Crippen LogP contribution in [0.3, 0.4) is 0 Å². The summed E-state index contributed by atoms with van der Waals surface area (Å²) in [7, 11) is 0. The lowest BCUT2D eigenvalue weighted by atomic mass is 10.4. The van der Waals surface area contributed by atoms with E-state index in [9.17, 15) is 4.21 Å². The van der Waals surface area contributed by atoms with E-state index in [-0.39, 0.29) is 5.75 Å². The summed E-state index contributed by atoms with van der Waals surface area (Å²) in [5.41, 5.74) is 0. The van der Waals surface area contributed by atoms with Crippen molar-refractivity contribution in [1.29, 1.82) is 0 Å². The number of hydrogen-bond donors (Lipinski definition) is 3. The van der Waals surface area contributed by atoms with Crippen LogP contribution in [0.4, 0.5) is 0 Å². The highest BCUT2D eigenvalue weighted by atomic mass is 32.2. The average molecular weight is 140 g/mol. The summed E-state index contributed by atoms with van der Waals surface area (Å²) < 4.78 is 17.9. The van der Waals surface area contributed by atoms with Gasteiger partial charge in [-0.1, -0.05) is 0 Å². The third-order valence-corrected chi connectivity index (χ3v) is 1.22. The summed E-state index contributed by atoms with van der Waals surface area (Å²) in [6, 6.07) is 0. The highest BCUT2D eigenvalue weighted by molar-refractivity contribution is 7.79. The summed E-state index contributed by atoms with van der Waals surface area (Å²) in [6.07, 6.45) is -1.07. The van der Waals surface area contributed by atoms with Gasteiger partial charge in [0.15, 0.2) is 11.1 Å². The maximum Gasteiger partial charge on any atom is 0.155 e. The van der Waals surface area contributed by atoms with Crippen molar-refractivity contribution >= 4 is 11.1 Å². The predicted molar refractivity (Wildman–Crippen MR) is 28.7 cm³/mol. The average Bonchev–Trinajstić information content (AvgIpc) is 1.65. The van der Waals surface area contributed by atoms with E-state index in [1.807, 2.05) is 0 Å². The fraction of sp³-hybridized carbons (Fsp3) is 1.00. The van der Waals surface area contributed by atoms with Crippen LogP contribution >= 0.6 is 0 Å². The Labute approximate surface area is 49.4 Å². The fourth-order valence-corrected chi connectivity index (χ4v) is 0.652. The minimum absolute atomic E-state index is 0.281. The molecule has 0 aromatic rings. The van der Waals surface area contributed by atoms with Gasteiger partial charge in [0.2, 0.25) is 0 Å². The molecule has 4 nitrogen and oxygen atoms in total. The monoisotopic (exact) mass is 140 g/mol. The second-order valence-electron chi connectivity index (χ2n) is 1.32. The summed E-state index contributed by atoms with van der Waals surface area (Å²) in [5.74, 6) is -0.281. The van der Waals surface area contributed by atoms with E-state index in [1.54, 1.807) is 0 Å². The van der Waals surface area contributed by atoms with Gasteiger partial charge in [0, 0.05) is 0 Å². The molecule has 0 spiro atoms. The number of rotatable bonds is 3. The number of aliphatic hydroxyl groups is 2. The highest BCUT2D eigenvalue weighted by Gasteiger charge is 2.03. The first-order chi connectivity index (χ1) is 3.66. The molecular weight excluding hydrogens is 132 g/mol. The molecule has 3 N–H and O–H groups in total. The van der Waals surface area contributed by atoms with Gasteiger partial charge in [-0.3, -0.25) is 0 Å². The molecule has 0 heterocycles. The molecule has 0 amide bonds. The first-order valence-electron chi connectivity index (χ1n) is 2.03. The number of hydrogen-bond acceptors (Lipinski definition) is 3. The molecule has 0 aliphatic rings. The van der Waals surface area contributed by atoms with E-state index in [0.29, 0.717) is 0 Å². The van der Waals surface area contributed by atoms with Crippen LogP contribution in [0.1, 0.15) is 0 Å². The third kappa shape index (κ3) is 4.20. The number of aliphatic hydroxyl groups excluding tert-OH is 2. The lowest BCUT2D eigenvalue weighted by Crippen LogP contribution is -2.19. The molecule has 2 atom stereocenters. The maximum atomic E-state index is 9.81. The lowest BCUT2D eigenvalue weighted by molar-refractivity contribution is 0.112. The van der Waals surface area contributed by atoms with Crippen molar-refractivity contribution in [1.82, 2.24) is 0 Å². The molecule has 0 bridgehead atoms. The largest absolute Gasteiger partial charge is 0.394 e. The van der Waals surface area contributed by atoms with Crippen molar-refractivity contribution in [3.8, 4) is 0 Å². The topological polar surface area (TPSA) is 77.8 Å². The van der Waals surface area contributed by atoms with Crippen LogP contribution in [0, 0.1) is 0 Å². The van der Waals surface area contributed by atoms with Gasteiger partial charge in [0.05, 0.1) is 18.5 Å². The molecule has 0 radical (unpaired) electrons. The summed E-state index contributed by atoms with van der Waals surface area (Å²) in [6.45, 7) is -0.466. The van der Waals surface area contributed by atoms with Crippen LogP contribution in [0.5, 0.6) is 0 Å². The van der Waals surface area contributed by atoms with Crippen molar-refractivity contribution in [3.63, 3.8) is 0 Å². The molecule has 0 aromatic heterocycles. The zero-order valence-corrected chi connectivity index (χ0v) is 4.97. The Hall–Kier alpha value is 0.0300. The van der Waals surface area contributed by atoms with Gasteiger partial charge in [0.1, 0.15) is 0 Å². The minimum atomic E-state index is -2.01. The van der Waals surface area contributed by atoms with Gasteiger partial charge in [-0.25, -0.2) is 4.21 Å². The van der Waals surface area contributed by atoms with E-state index in [1.165, 1.54) is 0 Å². The van der Waals surface area contributed by atoms with Crippen molar-refractivity contribution in [2.24, 2.45) is 0 Å². The normalized spacial score (nSPS) is 17.9. The van der Waals surface area contributed by atoms with Gasteiger partial charge in [0.25, 0.3) is 0 Å². The van der Waals surface area contributed by atoms with Gasteiger partial charge < -0.3 is 14.8 Å². The predicted octanol–water partition coefficient (Wildman–Crippen LogP) is -1.44. The molecule has 0 aliphatic carbocycles. The Balaban J connectivity index is 3.24. The molecule has 0 saturated heterocycles. The van der Waals surface area contributed by atoms with Gasteiger partial charge in [-0.2, -0.15) is 0 Å². The summed E-state index contributed by atoms with van der Waals surface area (Å²) in [4.78, 5) is 0. The van der Waals surface area contributed by atoms with E-state index in [0.717, 1.165) is 0 Å². The molecule has 8 heavy (non-hydrogen) atoms. The molecule has 0 rings (SSSR count). The van der Waals surface area contributed by atoms with Gasteiger partial charge >= 0.3 is 0 Å². The van der Waals surface area contributed by atoms with Gasteiger partial charge in [-0.05, 0) is 0 Å². The minimum Gasteiger partial charge on any atom is -0.394 e. The summed E-state index contributed by atoms with van der Waals surface area (Å²) >= 11 is -2.01. The Kier molecular flexibility index (Phi) is 3.98. The smallest absolute Gasteiger partial charge is 0.155 e. The highest BCUT2D eigenvalue weighted by Crippen LogP contribution is 1.82. The molecule has 50 valence electrons. The van der Waals surface area contributed by atoms with Crippen LogP contribution in [-0.4, -0.2) is 37.4 Å². The molecular formula is C3H8O4S. The van der Waals surface area contributed by atoms with E-state index >= 15 is 0 Å².